The molecule has 20 heavy (non-hydrogen) atoms. The molecule has 1 saturated heterocycles. The first-order chi connectivity index (χ1) is 9.41. The maximum absolute atomic E-state index is 12.5. The molecule has 6 heteroatoms. The normalized spacial score (nSPS) is 25.4. The fourth-order valence-corrected chi connectivity index (χ4v) is 4.44. The number of ether oxygens (including phenoxy) is 1. The highest BCUT2D eigenvalue weighted by Crippen LogP contribution is 2.26. The summed E-state index contributed by atoms with van der Waals surface area (Å²) < 4.78 is 17.9. The molecular weight excluding hydrogens is 319 g/mol. The van der Waals surface area contributed by atoms with Crippen LogP contribution in [0.1, 0.15) is 30.6 Å². The quantitative estimate of drug-likeness (QED) is 0.791. The fourth-order valence-electron chi connectivity index (χ4n) is 2.29. The molecule has 1 aromatic rings. The number of benzene rings is 1. The van der Waals surface area contributed by atoms with Crippen LogP contribution in [0.15, 0.2) is 18.2 Å². The van der Waals surface area contributed by atoms with Crippen molar-refractivity contribution in [2.75, 3.05) is 6.61 Å². The molecular formula is C14H16Cl2O3S. The molecule has 3 nitrogen and oxygen atoms in total. The molecule has 0 amide bonds. The van der Waals surface area contributed by atoms with Crippen LogP contribution in [0.2, 0.25) is 10.0 Å². The molecule has 0 aromatic heterocycles. The zero-order valence-electron chi connectivity index (χ0n) is 11.3. The molecule has 0 N–H and O–H groups in total. The molecule has 0 saturated carbocycles. The first-order valence-electron chi connectivity index (χ1n) is 6.42. The van der Waals surface area contributed by atoms with Crippen LogP contribution in [0.3, 0.4) is 0 Å². The average molecular weight is 335 g/mol. The largest absolute Gasteiger partial charge is 0.377 e. The summed E-state index contributed by atoms with van der Waals surface area (Å²) in [6.45, 7) is 4.16. The second kappa shape index (κ2) is 6.56. The summed E-state index contributed by atoms with van der Waals surface area (Å²) in [4.78, 5) is 12.4. The molecule has 1 aliphatic rings. The van der Waals surface area contributed by atoms with Crippen molar-refractivity contribution in [2.24, 2.45) is 0 Å². The molecule has 1 heterocycles. The Kier molecular flexibility index (Phi) is 5.24. The molecule has 0 spiro atoms. The van der Waals surface area contributed by atoms with Crippen LogP contribution in [0.4, 0.5) is 0 Å². The summed E-state index contributed by atoms with van der Waals surface area (Å²) in [5.74, 6) is -0.218. The Labute approximate surface area is 131 Å². The molecule has 1 aliphatic heterocycles. The Morgan fingerprint density at radius 1 is 1.45 bits per heavy atom. The standard InChI is InChI=1S/C14H16Cl2O3S/c1-8-13(5-6-19-8)20(18)9(2)14(17)11-4-3-10(15)7-12(11)16/h3-4,7-9,13H,5-6H2,1-2H3. The number of carbonyl (C=O) groups is 1. The number of Topliss-reactive ketones (excluding diaryl/α,β-unsaturated/α-hetero) is 1. The van der Waals surface area contributed by atoms with E-state index in [9.17, 15) is 9.00 Å². The second-order valence-electron chi connectivity index (χ2n) is 4.86. The van der Waals surface area contributed by atoms with Crippen LogP contribution in [-0.4, -0.2) is 33.2 Å². The summed E-state index contributed by atoms with van der Waals surface area (Å²) in [5.41, 5.74) is 0.364. The minimum Gasteiger partial charge on any atom is -0.377 e. The molecule has 2 rings (SSSR count). The smallest absolute Gasteiger partial charge is 0.179 e. The Morgan fingerprint density at radius 2 is 2.15 bits per heavy atom. The maximum Gasteiger partial charge on any atom is 0.179 e. The first kappa shape index (κ1) is 16.0. The van der Waals surface area contributed by atoms with E-state index in [1.807, 2.05) is 6.92 Å². The van der Waals surface area contributed by atoms with Gasteiger partial charge in [-0.25, -0.2) is 0 Å². The van der Waals surface area contributed by atoms with Gasteiger partial charge in [-0.1, -0.05) is 23.2 Å². The number of rotatable bonds is 4. The lowest BCUT2D eigenvalue weighted by Crippen LogP contribution is -2.34. The van der Waals surface area contributed by atoms with E-state index < -0.39 is 16.0 Å². The highest BCUT2D eigenvalue weighted by molar-refractivity contribution is 7.87. The van der Waals surface area contributed by atoms with Gasteiger partial charge < -0.3 is 4.74 Å². The van der Waals surface area contributed by atoms with Gasteiger partial charge in [-0.3, -0.25) is 9.00 Å². The van der Waals surface area contributed by atoms with Gasteiger partial charge in [0.1, 0.15) is 0 Å². The SMILES string of the molecule is CC1OCCC1S(=O)C(C)C(=O)c1ccc(Cl)cc1Cl. The number of hydrogen-bond donors (Lipinski definition) is 0. The van der Waals surface area contributed by atoms with E-state index in [2.05, 4.69) is 0 Å². The van der Waals surface area contributed by atoms with Crippen molar-refractivity contribution in [3.63, 3.8) is 0 Å². The van der Waals surface area contributed by atoms with Crippen LogP contribution in [-0.2, 0) is 15.5 Å². The molecule has 0 radical (unpaired) electrons. The zero-order chi connectivity index (χ0) is 14.9. The number of carbonyl (C=O) groups excluding carboxylic acids is 1. The lowest BCUT2D eigenvalue weighted by Gasteiger charge is -2.18. The summed E-state index contributed by atoms with van der Waals surface area (Å²) in [6, 6.07) is 4.71. The monoisotopic (exact) mass is 334 g/mol. The van der Waals surface area contributed by atoms with Gasteiger partial charge in [-0.05, 0) is 38.5 Å². The third kappa shape index (κ3) is 3.25. The predicted octanol–water partition coefficient (Wildman–Crippen LogP) is 3.49. The highest BCUT2D eigenvalue weighted by atomic mass is 35.5. The third-order valence-corrected chi connectivity index (χ3v) is 6.19. The molecule has 110 valence electrons. The van der Waals surface area contributed by atoms with E-state index in [-0.39, 0.29) is 17.1 Å². The van der Waals surface area contributed by atoms with Crippen LogP contribution >= 0.6 is 23.2 Å². The molecule has 0 aliphatic carbocycles. The number of halogens is 2. The van der Waals surface area contributed by atoms with Crippen LogP contribution in [0, 0.1) is 0 Å². The lowest BCUT2D eigenvalue weighted by molar-refractivity contribution is 0.0992. The third-order valence-electron chi connectivity index (χ3n) is 3.52. The second-order valence-corrected chi connectivity index (χ2v) is 7.68. The summed E-state index contributed by atoms with van der Waals surface area (Å²) in [5, 5.41) is 0.0584. The highest BCUT2D eigenvalue weighted by Gasteiger charge is 2.35. The first-order valence-corrected chi connectivity index (χ1v) is 8.45. The van der Waals surface area contributed by atoms with E-state index in [1.54, 1.807) is 19.1 Å². The average Bonchev–Trinajstić information content (AvgIpc) is 2.82. The summed E-state index contributed by atoms with van der Waals surface area (Å²) >= 11 is 11.8. The lowest BCUT2D eigenvalue weighted by atomic mass is 10.1. The van der Waals surface area contributed by atoms with Gasteiger partial charge in [0.15, 0.2) is 5.78 Å². The van der Waals surface area contributed by atoms with Gasteiger partial charge in [0, 0.05) is 28.0 Å². The Balaban J connectivity index is 2.17. The molecule has 1 aromatic carbocycles. The minimum absolute atomic E-state index is 0.0771. The van der Waals surface area contributed by atoms with E-state index in [1.165, 1.54) is 6.07 Å². The Hall–Kier alpha value is -0.420. The van der Waals surface area contributed by atoms with Gasteiger partial charge >= 0.3 is 0 Å². The summed E-state index contributed by atoms with van der Waals surface area (Å²) in [6.07, 6.45) is 0.645. The Morgan fingerprint density at radius 3 is 2.70 bits per heavy atom. The predicted molar refractivity (Wildman–Crippen MR) is 82.2 cm³/mol. The zero-order valence-corrected chi connectivity index (χ0v) is 13.6. The van der Waals surface area contributed by atoms with Crippen molar-refractivity contribution >= 4 is 39.8 Å². The van der Waals surface area contributed by atoms with Crippen molar-refractivity contribution in [2.45, 2.75) is 36.9 Å². The molecule has 4 unspecified atom stereocenters. The maximum atomic E-state index is 12.5. The van der Waals surface area contributed by atoms with Crippen molar-refractivity contribution < 1.29 is 13.7 Å². The van der Waals surface area contributed by atoms with Crippen LogP contribution < -0.4 is 0 Å². The van der Waals surface area contributed by atoms with Crippen LogP contribution in [0.25, 0.3) is 0 Å². The van der Waals surface area contributed by atoms with Gasteiger partial charge in [0.25, 0.3) is 0 Å². The molecule has 4 atom stereocenters. The van der Waals surface area contributed by atoms with E-state index in [0.29, 0.717) is 22.2 Å². The van der Waals surface area contributed by atoms with E-state index in [0.717, 1.165) is 6.42 Å². The summed E-state index contributed by atoms with van der Waals surface area (Å²) in [7, 11) is -1.28. The minimum atomic E-state index is -1.28. The van der Waals surface area contributed by atoms with E-state index in [4.69, 9.17) is 27.9 Å². The topological polar surface area (TPSA) is 43.4 Å². The van der Waals surface area contributed by atoms with Gasteiger partial charge in [0.2, 0.25) is 0 Å². The molecule has 0 bridgehead atoms. The molecule has 1 fully saturated rings. The van der Waals surface area contributed by atoms with E-state index >= 15 is 0 Å². The van der Waals surface area contributed by atoms with Crippen molar-refractivity contribution in [1.29, 1.82) is 0 Å². The van der Waals surface area contributed by atoms with Gasteiger partial charge in [0.05, 0.1) is 21.6 Å². The van der Waals surface area contributed by atoms with Crippen molar-refractivity contribution in [3.8, 4) is 0 Å². The number of ketones is 1. The van der Waals surface area contributed by atoms with Gasteiger partial charge in [-0.15, -0.1) is 0 Å². The van der Waals surface area contributed by atoms with Crippen LogP contribution in [0.5, 0.6) is 0 Å². The fraction of sp³-hybridized carbons (Fsp3) is 0.500. The van der Waals surface area contributed by atoms with Crippen molar-refractivity contribution in [3.05, 3.63) is 33.8 Å². The number of hydrogen-bond acceptors (Lipinski definition) is 3. The van der Waals surface area contributed by atoms with Gasteiger partial charge in [-0.2, -0.15) is 0 Å². The van der Waals surface area contributed by atoms with Crippen molar-refractivity contribution in [1.82, 2.24) is 0 Å². The Bertz CT molecular complexity index is 547.